The van der Waals surface area contributed by atoms with Gasteiger partial charge in [0.15, 0.2) is 5.75 Å². The fourth-order valence-corrected chi connectivity index (χ4v) is 3.87. The highest BCUT2D eigenvalue weighted by atomic mass is 35.5. The highest BCUT2D eigenvalue weighted by Crippen LogP contribution is 2.41. The molecule has 35 heavy (non-hydrogen) atoms. The quantitative estimate of drug-likeness (QED) is 0.344. The van der Waals surface area contributed by atoms with Crippen molar-refractivity contribution in [3.63, 3.8) is 0 Å². The molecule has 0 saturated heterocycles. The number of pyridine rings is 1. The van der Waals surface area contributed by atoms with E-state index in [1.54, 1.807) is 36.7 Å². The van der Waals surface area contributed by atoms with E-state index in [2.05, 4.69) is 20.0 Å². The number of carbonyl (C=O) groups excluding carboxylic acids is 2. The van der Waals surface area contributed by atoms with Crippen molar-refractivity contribution in [2.24, 2.45) is 0 Å². The van der Waals surface area contributed by atoms with E-state index in [9.17, 15) is 18.0 Å². The Morgan fingerprint density at radius 2 is 1.83 bits per heavy atom. The number of hydrogen-bond acceptors (Lipinski definition) is 7. The van der Waals surface area contributed by atoms with Gasteiger partial charge in [-0.1, -0.05) is 11.6 Å². The number of amides is 3. The third kappa shape index (κ3) is 6.38. The molecule has 1 aromatic heterocycles. The minimum Gasteiger partial charge on any atom is -0.455 e. The summed E-state index contributed by atoms with van der Waals surface area (Å²) in [6.07, 6.45) is 3.85. The molecule has 0 aliphatic carbocycles. The van der Waals surface area contributed by atoms with Crippen molar-refractivity contribution >= 4 is 39.6 Å². The molecule has 0 saturated carbocycles. The number of aryl methyl sites for hydroxylation is 1. The maximum Gasteiger partial charge on any atom is 0.446 e. The second-order valence-electron chi connectivity index (χ2n) is 7.41. The molecule has 1 aliphatic rings. The summed E-state index contributed by atoms with van der Waals surface area (Å²) >= 11 is 6.13. The minimum atomic E-state index is -4.75. The van der Waals surface area contributed by atoms with Crippen molar-refractivity contribution in [2.75, 3.05) is 4.90 Å². The van der Waals surface area contributed by atoms with Crippen molar-refractivity contribution in [2.45, 2.75) is 19.4 Å². The van der Waals surface area contributed by atoms with Crippen molar-refractivity contribution in [3.05, 3.63) is 77.1 Å². The number of anilines is 1. The van der Waals surface area contributed by atoms with Crippen LogP contribution in [0, 0.1) is 0 Å². The number of benzene rings is 2. The molecular formula is C22H19ClN4O7S. The predicted molar refractivity (Wildman–Crippen MR) is 126 cm³/mol. The number of hydrazine groups is 1. The van der Waals surface area contributed by atoms with Gasteiger partial charge < -0.3 is 8.92 Å². The third-order valence-corrected chi connectivity index (χ3v) is 5.58. The fraction of sp³-hybridized carbons (Fsp3) is 0.136. The summed E-state index contributed by atoms with van der Waals surface area (Å²) in [4.78, 5) is 30.5. The van der Waals surface area contributed by atoms with E-state index in [1.165, 1.54) is 29.2 Å². The Morgan fingerprint density at radius 1 is 1.09 bits per heavy atom. The number of hydrogen-bond donors (Lipinski definition) is 3. The molecule has 4 rings (SSSR count). The fourth-order valence-electron chi connectivity index (χ4n) is 3.36. The maximum atomic E-state index is 13.1. The van der Waals surface area contributed by atoms with E-state index in [-0.39, 0.29) is 18.7 Å². The Hall–Kier alpha value is -3.87. The highest BCUT2D eigenvalue weighted by molar-refractivity contribution is 7.81. The standard InChI is InChI=1S/C22H19ClN4O7S/c23-16-2-4-20-18(12-16)27(13-15-11-17(34-35(30,31)32)3-5-19(15)33-20)22(29)26-25-21(28)6-1-14-7-9-24-10-8-14/h2-5,7-12H,1,6,13H2,(H,25,28)(H,26,29)(H,30,31,32). The number of rotatable bonds is 5. The Bertz CT molecular complexity index is 1370. The number of nitrogens with zero attached hydrogens (tertiary/aromatic N) is 2. The average molecular weight is 519 g/mol. The molecule has 0 fully saturated rings. The number of ether oxygens (including phenoxy) is 1. The van der Waals surface area contributed by atoms with Gasteiger partial charge in [0, 0.05) is 29.4 Å². The Labute approximate surface area is 205 Å². The van der Waals surface area contributed by atoms with Gasteiger partial charge in [-0.25, -0.2) is 10.2 Å². The molecule has 0 atom stereocenters. The second kappa shape index (κ2) is 10.2. The number of fused-ring (bicyclic) bond motifs is 2. The zero-order valence-corrected chi connectivity index (χ0v) is 19.5. The van der Waals surface area contributed by atoms with E-state index >= 15 is 0 Å². The van der Waals surface area contributed by atoms with Crippen molar-refractivity contribution in [1.82, 2.24) is 15.8 Å². The van der Waals surface area contributed by atoms with Gasteiger partial charge in [0.25, 0.3) is 0 Å². The topological polar surface area (TPSA) is 147 Å². The lowest BCUT2D eigenvalue weighted by molar-refractivity contribution is -0.121. The maximum absolute atomic E-state index is 13.1. The van der Waals surface area contributed by atoms with Gasteiger partial charge in [0.1, 0.15) is 11.5 Å². The molecule has 11 nitrogen and oxygen atoms in total. The van der Waals surface area contributed by atoms with Gasteiger partial charge in [0.2, 0.25) is 5.91 Å². The van der Waals surface area contributed by atoms with Gasteiger partial charge in [-0.15, -0.1) is 0 Å². The Kier molecular flexibility index (Phi) is 7.05. The highest BCUT2D eigenvalue weighted by Gasteiger charge is 2.27. The molecular weight excluding hydrogens is 500 g/mol. The van der Waals surface area contributed by atoms with Crippen LogP contribution in [0.5, 0.6) is 17.2 Å². The van der Waals surface area contributed by atoms with Crippen LogP contribution < -0.4 is 24.7 Å². The first kappa shape index (κ1) is 24.3. The molecule has 2 heterocycles. The van der Waals surface area contributed by atoms with Crippen LogP contribution in [0.3, 0.4) is 0 Å². The molecule has 0 radical (unpaired) electrons. The molecule has 0 bridgehead atoms. The van der Waals surface area contributed by atoms with Crippen LogP contribution >= 0.6 is 11.6 Å². The van der Waals surface area contributed by atoms with Crippen LogP contribution in [-0.4, -0.2) is 29.9 Å². The first-order valence-corrected chi connectivity index (χ1v) is 11.9. The zero-order valence-electron chi connectivity index (χ0n) is 18.0. The minimum absolute atomic E-state index is 0.0932. The molecule has 182 valence electrons. The third-order valence-electron chi connectivity index (χ3n) is 4.94. The smallest absolute Gasteiger partial charge is 0.446 e. The van der Waals surface area contributed by atoms with E-state index < -0.39 is 22.3 Å². The van der Waals surface area contributed by atoms with Crippen LogP contribution in [-0.2, 0) is 28.2 Å². The van der Waals surface area contributed by atoms with E-state index in [4.69, 9.17) is 20.9 Å². The monoisotopic (exact) mass is 518 g/mol. The van der Waals surface area contributed by atoms with E-state index in [0.717, 1.165) is 5.56 Å². The lowest BCUT2D eigenvalue weighted by Crippen LogP contribution is -2.48. The summed E-state index contributed by atoms with van der Waals surface area (Å²) in [7, 11) is -4.75. The lowest BCUT2D eigenvalue weighted by Gasteiger charge is -2.22. The molecule has 1 aliphatic heterocycles. The first-order valence-electron chi connectivity index (χ1n) is 10.2. The van der Waals surface area contributed by atoms with Crippen LogP contribution in [0.1, 0.15) is 17.5 Å². The SMILES string of the molecule is O=C(CCc1ccncc1)NNC(=O)N1Cc2cc(OS(=O)(=O)O)ccc2Oc2ccc(Cl)cc21. The Balaban J connectivity index is 1.52. The van der Waals surface area contributed by atoms with E-state index in [1.807, 2.05) is 0 Å². The Morgan fingerprint density at radius 3 is 2.57 bits per heavy atom. The normalized spacial score (nSPS) is 12.5. The number of carbonyl (C=O) groups is 2. The summed E-state index contributed by atoms with van der Waals surface area (Å²) in [5.41, 5.74) is 6.36. The first-order chi connectivity index (χ1) is 16.7. The lowest BCUT2D eigenvalue weighted by atomic mass is 10.1. The summed E-state index contributed by atoms with van der Waals surface area (Å²) in [5, 5.41) is 0.341. The molecule has 3 aromatic rings. The largest absolute Gasteiger partial charge is 0.455 e. The van der Waals surface area contributed by atoms with E-state index in [0.29, 0.717) is 34.2 Å². The molecule has 3 amide bonds. The van der Waals surface area contributed by atoms with Crippen molar-refractivity contribution < 1.29 is 31.5 Å². The van der Waals surface area contributed by atoms with Crippen LogP contribution in [0.25, 0.3) is 0 Å². The average Bonchev–Trinajstić information content (AvgIpc) is 2.97. The molecule has 2 aromatic carbocycles. The van der Waals surface area contributed by atoms with Crippen molar-refractivity contribution in [1.29, 1.82) is 0 Å². The summed E-state index contributed by atoms with van der Waals surface area (Å²) in [6.45, 7) is -0.0932. The summed E-state index contributed by atoms with van der Waals surface area (Å²) < 4.78 is 41.6. The number of nitrogens with one attached hydrogen (secondary N) is 2. The number of halogens is 1. The summed E-state index contributed by atoms with van der Waals surface area (Å²) in [5.74, 6) is 0.0455. The predicted octanol–water partition coefficient (Wildman–Crippen LogP) is 3.40. The van der Waals surface area contributed by atoms with Gasteiger partial charge >= 0.3 is 16.4 Å². The van der Waals surface area contributed by atoms with Gasteiger partial charge in [0.05, 0.1) is 12.2 Å². The molecule has 0 spiro atoms. The van der Waals surface area contributed by atoms with Crippen molar-refractivity contribution in [3.8, 4) is 17.2 Å². The van der Waals surface area contributed by atoms with Crippen LogP contribution in [0.15, 0.2) is 60.9 Å². The second-order valence-corrected chi connectivity index (χ2v) is 8.87. The summed E-state index contributed by atoms with van der Waals surface area (Å²) in [6, 6.07) is 11.6. The zero-order chi connectivity index (χ0) is 25.0. The van der Waals surface area contributed by atoms with Gasteiger partial charge in [-0.05, 0) is 60.5 Å². The molecule has 13 heteroatoms. The van der Waals surface area contributed by atoms with Gasteiger partial charge in [-0.2, -0.15) is 8.42 Å². The van der Waals surface area contributed by atoms with Gasteiger partial charge in [-0.3, -0.25) is 24.7 Å². The molecule has 0 unspecified atom stereocenters. The number of urea groups is 1. The van der Waals surface area contributed by atoms with Crippen LogP contribution in [0.2, 0.25) is 5.02 Å². The molecule has 3 N–H and O–H groups in total. The number of aromatic nitrogens is 1. The van der Waals surface area contributed by atoms with Crippen LogP contribution in [0.4, 0.5) is 10.5 Å².